The zero-order chi connectivity index (χ0) is 11.9. The highest BCUT2D eigenvalue weighted by molar-refractivity contribution is 5.65. The first-order valence-corrected chi connectivity index (χ1v) is 6.01. The van der Waals surface area contributed by atoms with Crippen molar-refractivity contribution in [2.75, 3.05) is 4.90 Å². The van der Waals surface area contributed by atoms with Gasteiger partial charge in [0.15, 0.2) is 11.5 Å². The minimum absolute atomic E-state index is 0.912. The Kier molecular flexibility index (Phi) is 1.91. The van der Waals surface area contributed by atoms with Crippen LogP contribution in [-0.2, 0) is 13.1 Å². The van der Waals surface area contributed by atoms with Crippen LogP contribution in [0.5, 0.6) is 0 Å². The topological polar surface area (TPSA) is 33.4 Å². The lowest BCUT2D eigenvalue weighted by Crippen LogP contribution is -2.17. The molecule has 0 saturated heterocycles. The summed E-state index contributed by atoms with van der Waals surface area (Å²) in [4.78, 5) is 11.1. The highest BCUT2D eigenvalue weighted by Crippen LogP contribution is 2.28. The van der Waals surface area contributed by atoms with Crippen LogP contribution in [0.2, 0.25) is 0 Å². The molecule has 0 spiro atoms. The van der Waals surface area contributed by atoms with Crippen LogP contribution in [0.25, 0.3) is 5.65 Å². The van der Waals surface area contributed by atoms with Crippen LogP contribution in [0, 0.1) is 0 Å². The van der Waals surface area contributed by atoms with Crippen molar-refractivity contribution in [3.8, 4) is 0 Å². The molecule has 88 valence electrons. The summed E-state index contributed by atoms with van der Waals surface area (Å²) in [6.07, 6.45) is 7.51. The van der Waals surface area contributed by atoms with Crippen molar-refractivity contribution in [2.24, 2.45) is 0 Å². The number of hydrogen-bond donors (Lipinski definition) is 0. The minimum atomic E-state index is 0.912. The molecule has 1 aliphatic rings. The van der Waals surface area contributed by atoms with Crippen molar-refractivity contribution in [3.63, 3.8) is 0 Å². The molecule has 4 heteroatoms. The van der Waals surface area contributed by atoms with E-state index in [9.17, 15) is 0 Å². The third kappa shape index (κ3) is 1.32. The van der Waals surface area contributed by atoms with E-state index in [4.69, 9.17) is 0 Å². The van der Waals surface area contributed by atoms with E-state index in [1.54, 1.807) is 0 Å². The number of rotatable bonds is 1. The van der Waals surface area contributed by atoms with Gasteiger partial charge in [0.2, 0.25) is 0 Å². The lowest BCUT2D eigenvalue weighted by molar-refractivity contribution is 0.853. The lowest BCUT2D eigenvalue weighted by atomic mass is 10.1. The van der Waals surface area contributed by atoms with E-state index in [1.807, 2.05) is 29.2 Å². The minimum Gasteiger partial charge on any atom is -0.345 e. The Hall–Kier alpha value is -2.36. The first-order valence-electron chi connectivity index (χ1n) is 6.01. The second kappa shape index (κ2) is 3.57. The zero-order valence-electron chi connectivity index (χ0n) is 9.82. The molecule has 0 bridgehead atoms. The summed E-state index contributed by atoms with van der Waals surface area (Å²) < 4.78 is 2.01. The van der Waals surface area contributed by atoms with Crippen LogP contribution in [0.1, 0.15) is 11.1 Å². The van der Waals surface area contributed by atoms with Crippen LogP contribution < -0.4 is 4.90 Å². The molecule has 4 nitrogen and oxygen atoms in total. The van der Waals surface area contributed by atoms with Gasteiger partial charge in [-0.15, -0.1) is 0 Å². The van der Waals surface area contributed by atoms with Gasteiger partial charge in [0.05, 0.1) is 0 Å². The van der Waals surface area contributed by atoms with E-state index in [2.05, 4.69) is 39.1 Å². The normalized spacial score (nSPS) is 14.1. The highest BCUT2D eigenvalue weighted by atomic mass is 15.2. The molecule has 0 fully saturated rings. The molecule has 0 saturated carbocycles. The van der Waals surface area contributed by atoms with E-state index in [1.165, 1.54) is 11.1 Å². The van der Waals surface area contributed by atoms with Gasteiger partial charge in [-0.2, -0.15) is 0 Å². The standard InChI is InChI=1S/C14H12N4/c1-2-4-12-10-18(9-11(12)3-1)14-13-15-5-7-17(13)8-6-16-14/h1-8H,9-10H2. The fraction of sp³-hybridized carbons (Fsp3) is 0.143. The predicted octanol–water partition coefficient (Wildman–Crippen LogP) is 2.25. The Bertz CT molecular complexity index is 691. The molecule has 0 atom stereocenters. The summed E-state index contributed by atoms with van der Waals surface area (Å²) in [7, 11) is 0. The van der Waals surface area contributed by atoms with Gasteiger partial charge in [0.1, 0.15) is 0 Å². The SMILES string of the molecule is c1ccc2c(c1)CN(c1nccn3ccnc13)C2. The molecule has 0 aliphatic carbocycles. The zero-order valence-corrected chi connectivity index (χ0v) is 9.82. The summed E-state index contributed by atoms with van der Waals surface area (Å²) in [6, 6.07) is 8.54. The van der Waals surface area contributed by atoms with Crippen LogP contribution >= 0.6 is 0 Å². The molecular formula is C14H12N4. The molecule has 3 aromatic rings. The van der Waals surface area contributed by atoms with E-state index in [-0.39, 0.29) is 0 Å². The molecule has 0 unspecified atom stereocenters. The van der Waals surface area contributed by atoms with Crippen LogP contribution in [0.3, 0.4) is 0 Å². The molecule has 18 heavy (non-hydrogen) atoms. The Balaban J connectivity index is 1.80. The van der Waals surface area contributed by atoms with Crippen molar-refractivity contribution in [1.29, 1.82) is 0 Å². The van der Waals surface area contributed by atoms with Crippen LogP contribution in [0.15, 0.2) is 49.1 Å². The fourth-order valence-electron chi connectivity index (χ4n) is 2.55. The Morgan fingerprint density at radius 1 is 0.889 bits per heavy atom. The number of benzene rings is 1. The average Bonchev–Trinajstić information content (AvgIpc) is 3.04. The van der Waals surface area contributed by atoms with Gasteiger partial charge in [-0.3, -0.25) is 0 Å². The van der Waals surface area contributed by atoms with Gasteiger partial charge in [-0.1, -0.05) is 24.3 Å². The van der Waals surface area contributed by atoms with Gasteiger partial charge in [-0.05, 0) is 11.1 Å². The van der Waals surface area contributed by atoms with Gasteiger partial charge in [0.25, 0.3) is 0 Å². The van der Waals surface area contributed by atoms with Crippen molar-refractivity contribution in [1.82, 2.24) is 14.4 Å². The molecule has 3 heterocycles. The monoisotopic (exact) mass is 236 g/mol. The summed E-state index contributed by atoms with van der Waals surface area (Å²) in [5.41, 5.74) is 3.69. The summed E-state index contributed by atoms with van der Waals surface area (Å²) in [5, 5.41) is 0. The number of anilines is 1. The summed E-state index contributed by atoms with van der Waals surface area (Å²) >= 11 is 0. The van der Waals surface area contributed by atoms with Gasteiger partial charge >= 0.3 is 0 Å². The highest BCUT2D eigenvalue weighted by Gasteiger charge is 2.21. The first kappa shape index (κ1) is 9.65. The maximum absolute atomic E-state index is 4.49. The van der Waals surface area contributed by atoms with E-state index < -0.39 is 0 Å². The largest absolute Gasteiger partial charge is 0.345 e. The van der Waals surface area contributed by atoms with Gasteiger partial charge in [0, 0.05) is 37.9 Å². The third-order valence-electron chi connectivity index (χ3n) is 3.43. The molecule has 1 aliphatic heterocycles. The first-order chi connectivity index (χ1) is 8.92. The molecule has 1 aromatic carbocycles. The lowest BCUT2D eigenvalue weighted by Gasteiger charge is -2.16. The van der Waals surface area contributed by atoms with E-state index >= 15 is 0 Å². The van der Waals surface area contributed by atoms with E-state index in [0.717, 1.165) is 24.6 Å². The second-order valence-corrected chi connectivity index (χ2v) is 4.53. The molecule has 4 rings (SSSR count). The molecule has 0 N–H and O–H groups in total. The number of imidazole rings is 1. The van der Waals surface area contributed by atoms with Crippen molar-refractivity contribution in [3.05, 3.63) is 60.2 Å². The summed E-state index contributed by atoms with van der Waals surface area (Å²) in [5.74, 6) is 0.957. The average molecular weight is 236 g/mol. The quantitative estimate of drug-likeness (QED) is 0.649. The van der Waals surface area contributed by atoms with Crippen LogP contribution in [-0.4, -0.2) is 14.4 Å². The number of aromatic nitrogens is 3. The smallest absolute Gasteiger partial charge is 0.180 e. The molecule has 0 radical (unpaired) electrons. The molecule has 0 amide bonds. The summed E-state index contributed by atoms with van der Waals surface area (Å²) in [6.45, 7) is 1.82. The van der Waals surface area contributed by atoms with Crippen molar-refractivity contribution in [2.45, 2.75) is 13.1 Å². The second-order valence-electron chi connectivity index (χ2n) is 4.53. The molecule has 2 aromatic heterocycles. The number of nitrogens with zero attached hydrogens (tertiary/aromatic N) is 4. The Morgan fingerprint density at radius 2 is 1.56 bits per heavy atom. The Morgan fingerprint density at radius 3 is 2.28 bits per heavy atom. The Labute approximate surface area is 105 Å². The predicted molar refractivity (Wildman–Crippen MR) is 69.3 cm³/mol. The van der Waals surface area contributed by atoms with Crippen molar-refractivity contribution < 1.29 is 0 Å². The van der Waals surface area contributed by atoms with E-state index in [0.29, 0.717) is 0 Å². The number of fused-ring (bicyclic) bond motifs is 2. The van der Waals surface area contributed by atoms with Crippen LogP contribution in [0.4, 0.5) is 5.82 Å². The maximum Gasteiger partial charge on any atom is 0.180 e. The van der Waals surface area contributed by atoms with Gasteiger partial charge in [-0.25, -0.2) is 9.97 Å². The third-order valence-corrected chi connectivity index (χ3v) is 3.43. The van der Waals surface area contributed by atoms with Crippen molar-refractivity contribution >= 4 is 11.5 Å². The maximum atomic E-state index is 4.49. The fourth-order valence-corrected chi connectivity index (χ4v) is 2.55. The molecular weight excluding hydrogens is 224 g/mol. The number of hydrogen-bond acceptors (Lipinski definition) is 3. The van der Waals surface area contributed by atoms with Gasteiger partial charge < -0.3 is 9.30 Å².